The molecule has 0 unspecified atom stereocenters. The molecule has 1 heterocycles. The fraction of sp³-hybridized carbons (Fsp3) is 0.143. The van der Waals surface area contributed by atoms with Gasteiger partial charge < -0.3 is 10.4 Å². The Balaban J connectivity index is 2.33. The molecule has 0 radical (unpaired) electrons. The lowest BCUT2D eigenvalue weighted by atomic mass is 10.2. The third-order valence-electron chi connectivity index (χ3n) is 2.78. The van der Waals surface area contributed by atoms with Gasteiger partial charge in [-0.15, -0.1) is 0 Å². The topological polar surface area (TPSA) is 96.4 Å². The molecule has 6 nitrogen and oxygen atoms in total. The number of fused-ring (bicyclic) bond motifs is 1. The van der Waals surface area contributed by atoms with Gasteiger partial charge in [0.15, 0.2) is 9.84 Å². The van der Waals surface area contributed by atoms with E-state index in [1.807, 2.05) is 5.32 Å². The molecule has 0 bridgehead atoms. The van der Waals surface area contributed by atoms with Gasteiger partial charge in [0.25, 0.3) is 0 Å². The number of nitrogens with zero attached hydrogens (tertiary/aromatic N) is 1. The summed E-state index contributed by atoms with van der Waals surface area (Å²) in [6, 6.07) is 7.44. The van der Waals surface area contributed by atoms with Gasteiger partial charge in [0.05, 0.1) is 11.8 Å². The minimum absolute atomic E-state index is 0.0955. The van der Waals surface area contributed by atoms with Crippen LogP contribution in [-0.2, 0) is 9.84 Å². The molecule has 1 aromatic heterocycles. The van der Waals surface area contributed by atoms with E-state index in [1.165, 1.54) is 18.2 Å². The van der Waals surface area contributed by atoms with Crippen molar-refractivity contribution in [3.63, 3.8) is 0 Å². The van der Waals surface area contributed by atoms with E-state index in [-0.39, 0.29) is 23.1 Å². The highest BCUT2D eigenvalue weighted by Gasteiger charge is 2.20. The van der Waals surface area contributed by atoms with E-state index < -0.39 is 27.5 Å². The maximum atomic E-state index is 13.7. The van der Waals surface area contributed by atoms with E-state index >= 15 is 0 Å². The summed E-state index contributed by atoms with van der Waals surface area (Å²) in [5.74, 6) is -1.88. The Kier molecular flexibility index (Phi) is 4.29. The van der Waals surface area contributed by atoms with Crippen LogP contribution in [0.1, 0.15) is 1.37 Å². The molecule has 0 aliphatic rings. The van der Waals surface area contributed by atoms with Crippen LogP contribution in [0, 0.1) is 0 Å². The molecule has 1 amide bonds. The third kappa shape index (κ3) is 3.79. The minimum atomic E-state index is -4.02. The van der Waals surface area contributed by atoms with Crippen LogP contribution < -0.4 is 5.32 Å². The number of aromatic nitrogens is 1. The first kappa shape index (κ1) is 14.5. The number of halogens is 1. The van der Waals surface area contributed by atoms with Crippen molar-refractivity contribution in [3.05, 3.63) is 48.4 Å². The summed E-state index contributed by atoms with van der Waals surface area (Å²) in [6.07, 6.45) is -0.583. The number of hydrogen-bond acceptors (Lipinski definition) is 4. The van der Waals surface area contributed by atoms with Gasteiger partial charge in [-0.2, -0.15) is 0 Å². The fourth-order valence-electron chi connectivity index (χ4n) is 1.84. The summed E-state index contributed by atoms with van der Waals surface area (Å²) >= 11 is 0. The Morgan fingerprint density at radius 3 is 2.86 bits per heavy atom. The van der Waals surface area contributed by atoms with E-state index in [0.717, 1.165) is 6.08 Å². The first-order valence-corrected chi connectivity index (χ1v) is 7.85. The molecule has 0 aliphatic carbocycles. The number of para-hydroxylation sites is 1. The van der Waals surface area contributed by atoms with Gasteiger partial charge >= 0.3 is 6.09 Å². The summed E-state index contributed by atoms with van der Waals surface area (Å²) in [4.78, 5) is 14.0. The SMILES string of the molecule is [2H]c1ccc2cccc(S(=O)(=O)C/C(F)=C/CNC(=O)O)c2n1. The predicted octanol–water partition coefficient (Wildman–Crippen LogP) is 2.13. The summed E-state index contributed by atoms with van der Waals surface area (Å²) in [5, 5.41) is 10.8. The molecule has 2 aromatic rings. The molecule has 116 valence electrons. The molecule has 0 saturated carbocycles. The molecule has 0 saturated heterocycles. The van der Waals surface area contributed by atoms with Gasteiger partial charge in [0, 0.05) is 18.1 Å². The lowest BCUT2D eigenvalue weighted by Crippen LogP contribution is -2.21. The molecule has 0 atom stereocenters. The van der Waals surface area contributed by atoms with Gasteiger partial charge in [0.2, 0.25) is 0 Å². The first-order chi connectivity index (χ1) is 10.8. The molecule has 2 rings (SSSR count). The van der Waals surface area contributed by atoms with Crippen molar-refractivity contribution >= 4 is 26.8 Å². The number of nitrogens with one attached hydrogen (secondary N) is 1. The van der Waals surface area contributed by atoms with Crippen molar-refractivity contribution in [3.8, 4) is 0 Å². The van der Waals surface area contributed by atoms with E-state index in [4.69, 9.17) is 6.48 Å². The van der Waals surface area contributed by atoms with Crippen LogP contribution in [0.3, 0.4) is 0 Å². The smallest absolute Gasteiger partial charge is 0.404 e. The van der Waals surface area contributed by atoms with Gasteiger partial charge in [-0.05, 0) is 18.2 Å². The fourth-order valence-corrected chi connectivity index (χ4v) is 3.22. The quantitative estimate of drug-likeness (QED) is 0.878. The predicted molar refractivity (Wildman–Crippen MR) is 79.0 cm³/mol. The van der Waals surface area contributed by atoms with E-state index in [1.54, 1.807) is 12.1 Å². The van der Waals surface area contributed by atoms with Crippen molar-refractivity contribution in [1.29, 1.82) is 0 Å². The average Bonchev–Trinajstić information content (AvgIpc) is 2.45. The van der Waals surface area contributed by atoms with Crippen LogP contribution in [0.5, 0.6) is 0 Å². The zero-order valence-corrected chi connectivity index (χ0v) is 12.1. The Bertz CT molecular complexity index is 883. The first-order valence-electron chi connectivity index (χ1n) is 6.70. The summed E-state index contributed by atoms with van der Waals surface area (Å²) < 4.78 is 45.9. The number of rotatable bonds is 5. The van der Waals surface area contributed by atoms with Gasteiger partial charge in [0.1, 0.15) is 11.6 Å². The van der Waals surface area contributed by atoms with Crippen LogP contribution in [-0.4, -0.2) is 36.9 Å². The van der Waals surface area contributed by atoms with Crippen molar-refractivity contribution in [2.75, 3.05) is 12.3 Å². The molecule has 22 heavy (non-hydrogen) atoms. The van der Waals surface area contributed by atoms with Crippen molar-refractivity contribution < 1.29 is 24.1 Å². The molecule has 0 fully saturated rings. The summed E-state index contributed by atoms with van der Waals surface area (Å²) in [6.45, 7) is -0.332. The highest BCUT2D eigenvalue weighted by molar-refractivity contribution is 7.91. The average molecular weight is 325 g/mol. The summed E-state index contributed by atoms with van der Waals surface area (Å²) in [7, 11) is -4.02. The number of pyridine rings is 1. The number of amides is 1. The van der Waals surface area contributed by atoms with Crippen LogP contribution in [0.15, 0.2) is 53.3 Å². The second-order valence-corrected chi connectivity index (χ2v) is 6.32. The zero-order chi connectivity index (χ0) is 17.0. The third-order valence-corrected chi connectivity index (χ3v) is 4.44. The zero-order valence-electron chi connectivity index (χ0n) is 12.3. The molecule has 0 aliphatic heterocycles. The van der Waals surface area contributed by atoms with Crippen LogP contribution in [0.2, 0.25) is 0 Å². The Morgan fingerprint density at radius 1 is 1.41 bits per heavy atom. The van der Waals surface area contributed by atoms with Gasteiger partial charge in [-0.3, -0.25) is 4.98 Å². The standard InChI is InChI=1S/C14H13FN2O4S/c15-11(6-8-17-14(18)19)9-22(20,21)12-5-1-3-10-4-2-7-16-13(10)12/h1-7,17H,8-9H2,(H,18,19)/b11-6-/i7D. The van der Waals surface area contributed by atoms with Crippen LogP contribution >= 0.6 is 0 Å². The van der Waals surface area contributed by atoms with Gasteiger partial charge in [-0.1, -0.05) is 18.2 Å². The van der Waals surface area contributed by atoms with Crippen LogP contribution in [0.4, 0.5) is 9.18 Å². The molecule has 0 spiro atoms. The van der Waals surface area contributed by atoms with Crippen molar-refractivity contribution in [2.24, 2.45) is 0 Å². The Morgan fingerprint density at radius 2 is 2.14 bits per heavy atom. The second-order valence-electron chi connectivity index (χ2n) is 4.36. The number of carbonyl (C=O) groups is 1. The molecular weight excluding hydrogens is 311 g/mol. The van der Waals surface area contributed by atoms with Crippen molar-refractivity contribution in [2.45, 2.75) is 4.90 Å². The maximum Gasteiger partial charge on any atom is 0.404 e. The highest BCUT2D eigenvalue weighted by Crippen LogP contribution is 2.23. The molecule has 2 N–H and O–H groups in total. The normalized spacial score (nSPS) is 13.0. The maximum absolute atomic E-state index is 13.7. The Hall–Kier alpha value is -2.48. The van der Waals surface area contributed by atoms with Crippen molar-refractivity contribution in [1.82, 2.24) is 10.3 Å². The van der Waals surface area contributed by atoms with E-state index in [9.17, 15) is 17.6 Å². The molecular formula is C14H13FN2O4S. The number of sulfone groups is 1. The lowest BCUT2D eigenvalue weighted by Gasteiger charge is -2.06. The largest absolute Gasteiger partial charge is 0.465 e. The molecule has 1 aromatic carbocycles. The lowest BCUT2D eigenvalue weighted by molar-refractivity contribution is 0.195. The number of hydrogen-bond donors (Lipinski definition) is 2. The number of carboxylic acid groups (broad SMARTS) is 1. The highest BCUT2D eigenvalue weighted by atomic mass is 32.2. The minimum Gasteiger partial charge on any atom is -0.465 e. The number of benzene rings is 1. The second kappa shape index (κ2) is 6.52. The monoisotopic (exact) mass is 325 g/mol. The Labute approximate surface area is 127 Å². The molecule has 8 heteroatoms. The summed E-state index contributed by atoms with van der Waals surface area (Å²) in [5.41, 5.74) is 0.108. The van der Waals surface area contributed by atoms with E-state index in [0.29, 0.717) is 5.39 Å². The van der Waals surface area contributed by atoms with Crippen LogP contribution in [0.25, 0.3) is 10.9 Å². The van der Waals surface area contributed by atoms with Gasteiger partial charge in [-0.25, -0.2) is 17.6 Å². The van der Waals surface area contributed by atoms with E-state index in [2.05, 4.69) is 4.98 Å².